The molecule has 1 fully saturated rings. The molecule has 0 radical (unpaired) electrons. The minimum atomic E-state index is 0.514. The van der Waals surface area contributed by atoms with Crippen LogP contribution < -0.4 is 4.90 Å². The third-order valence-corrected chi connectivity index (χ3v) is 5.32. The van der Waals surface area contributed by atoms with Crippen LogP contribution in [0.3, 0.4) is 0 Å². The topological polar surface area (TPSA) is 77.0 Å². The molecule has 8 heteroatoms. The highest BCUT2D eigenvalue weighted by atomic mass is 15.4. The van der Waals surface area contributed by atoms with E-state index < -0.39 is 0 Å². The van der Waals surface area contributed by atoms with Gasteiger partial charge in [0.1, 0.15) is 5.82 Å². The smallest absolute Gasteiger partial charge is 0.178 e. The maximum absolute atomic E-state index is 4.82. The quantitative estimate of drug-likeness (QED) is 0.559. The lowest BCUT2D eigenvalue weighted by molar-refractivity contribution is 0.556. The van der Waals surface area contributed by atoms with Crippen LogP contribution in [0.2, 0.25) is 0 Å². The SMILES string of the molecule is c1ccc(-c2nnc3n2CCN(c2ccc4nnc(C5CC5)n4n2)C3)cc1. The van der Waals surface area contributed by atoms with Gasteiger partial charge in [0.25, 0.3) is 0 Å². The van der Waals surface area contributed by atoms with Crippen molar-refractivity contribution in [1.29, 1.82) is 0 Å². The van der Waals surface area contributed by atoms with E-state index in [-0.39, 0.29) is 0 Å². The molecule has 1 aromatic carbocycles. The van der Waals surface area contributed by atoms with Crippen molar-refractivity contribution in [2.24, 2.45) is 0 Å². The number of hydrogen-bond donors (Lipinski definition) is 0. The Bertz CT molecular complexity index is 1130. The summed E-state index contributed by atoms with van der Waals surface area (Å²) in [7, 11) is 0. The van der Waals surface area contributed by atoms with E-state index in [0.717, 1.165) is 47.6 Å². The van der Waals surface area contributed by atoms with Gasteiger partial charge >= 0.3 is 0 Å². The minimum Gasteiger partial charge on any atom is -0.346 e. The molecular weight excluding hydrogens is 340 g/mol. The van der Waals surface area contributed by atoms with Gasteiger partial charge in [-0.05, 0) is 25.0 Å². The van der Waals surface area contributed by atoms with Gasteiger partial charge in [0.05, 0.1) is 6.54 Å². The molecule has 0 N–H and O–H groups in total. The molecule has 0 spiro atoms. The Morgan fingerprint density at radius 2 is 1.74 bits per heavy atom. The van der Waals surface area contributed by atoms with E-state index in [1.54, 1.807) is 0 Å². The van der Waals surface area contributed by atoms with Crippen molar-refractivity contribution in [1.82, 2.24) is 34.6 Å². The molecule has 0 bridgehead atoms. The summed E-state index contributed by atoms with van der Waals surface area (Å²) in [5.74, 6) is 4.33. The fourth-order valence-corrected chi connectivity index (χ4v) is 3.71. The first-order valence-corrected chi connectivity index (χ1v) is 9.31. The molecule has 0 atom stereocenters. The van der Waals surface area contributed by atoms with Gasteiger partial charge in [-0.1, -0.05) is 30.3 Å². The van der Waals surface area contributed by atoms with Crippen molar-refractivity contribution in [2.75, 3.05) is 11.4 Å². The highest BCUT2D eigenvalue weighted by Gasteiger charge is 2.30. The molecule has 0 unspecified atom stereocenters. The second-order valence-electron chi connectivity index (χ2n) is 7.17. The summed E-state index contributed by atoms with van der Waals surface area (Å²) in [6.45, 7) is 2.40. The van der Waals surface area contributed by atoms with Crippen LogP contribution in [-0.2, 0) is 13.1 Å². The normalized spacial score (nSPS) is 16.7. The molecule has 1 aliphatic heterocycles. The van der Waals surface area contributed by atoms with Crippen LogP contribution >= 0.6 is 0 Å². The molecular formula is C19H18N8. The first-order chi connectivity index (χ1) is 13.4. The minimum absolute atomic E-state index is 0.514. The lowest BCUT2D eigenvalue weighted by atomic mass is 10.2. The molecule has 3 aromatic heterocycles. The zero-order valence-electron chi connectivity index (χ0n) is 14.7. The average molecular weight is 358 g/mol. The van der Waals surface area contributed by atoms with Crippen LogP contribution in [0.25, 0.3) is 17.0 Å². The molecule has 4 heterocycles. The van der Waals surface area contributed by atoms with Crippen molar-refractivity contribution < 1.29 is 0 Å². The first-order valence-electron chi connectivity index (χ1n) is 9.31. The van der Waals surface area contributed by atoms with Gasteiger partial charge in [-0.3, -0.25) is 0 Å². The molecule has 6 rings (SSSR count). The molecule has 4 aromatic rings. The average Bonchev–Trinajstić information content (AvgIpc) is 3.34. The molecule has 2 aliphatic rings. The highest BCUT2D eigenvalue weighted by molar-refractivity contribution is 5.55. The van der Waals surface area contributed by atoms with Crippen LogP contribution in [0, 0.1) is 0 Å². The number of hydrogen-bond acceptors (Lipinski definition) is 6. The zero-order chi connectivity index (χ0) is 17.8. The maximum atomic E-state index is 4.82. The van der Waals surface area contributed by atoms with Crippen LogP contribution in [0.5, 0.6) is 0 Å². The van der Waals surface area contributed by atoms with E-state index in [2.05, 4.69) is 42.0 Å². The van der Waals surface area contributed by atoms with Gasteiger partial charge in [-0.25, -0.2) is 0 Å². The number of anilines is 1. The fraction of sp³-hybridized carbons (Fsp3) is 0.316. The summed E-state index contributed by atoms with van der Waals surface area (Å²) in [5.41, 5.74) is 1.91. The van der Waals surface area contributed by atoms with Gasteiger partial charge in [0.15, 0.2) is 23.1 Å². The van der Waals surface area contributed by atoms with E-state index >= 15 is 0 Å². The molecule has 0 saturated heterocycles. The molecule has 134 valence electrons. The second kappa shape index (κ2) is 5.60. The van der Waals surface area contributed by atoms with Gasteiger partial charge in [0.2, 0.25) is 0 Å². The molecule has 0 amide bonds. The Balaban J connectivity index is 1.33. The number of aromatic nitrogens is 7. The van der Waals surface area contributed by atoms with Crippen LogP contribution in [0.15, 0.2) is 42.5 Å². The van der Waals surface area contributed by atoms with Crippen molar-refractivity contribution in [3.63, 3.8) is 0 Å². The largest absolute Gasteiger partial charge is 0.346 e. The standard InChI is InChI=1S/C19H18N8/c1-2-4-13(5-3-1)18-22-21-17-12-25(10-11-26(17)18)16-9-8-15-20-23-19(14-6-7-14)27(15)24-16/h1-5,8-9,14H,6-7,10-12H2. The molecule has 1 aliphatic carbocycles. The third kappa shape index (κ3) is 2.40. The summed E-state index contributed by atoms with van der Waals surface area (Å²) in [6, 6.07) is 14.2. The maximum Gasteiger partial charge on any atom is 0.178 e. The monoisotopic (exact) mass is 358 g/mol. The van der Waals surface area contributed by atoms with Crippen molar-refractivity contribution in [3.05, 3.63) is 54.1 Å². The highest BCUT2D eigenvalue weighted by Crippen LogP contribution is 2.38. The Kier molecular flexibility index (Phi) is 3.08. The predicted molar refractivity (Wildman–Crippen MR) is 99.3 cm³/mol. The lowest BCUT2D eigenvalue weighted by Crippen LogP contribution is -2.34. The van der Waals surface area contributed by atoms with Gasteiger partial charge < -0.3 is 9.47 Å². The molecule has 1 saturated carbocycles. The van der Waals surface area contributed by atoms with Crippen molar-refractivity contribution in [3.8, 4) is 11.4 Å². The zero-order valence-corrected chi connectivity index (χ0v) is 14.7. The fourth-order valence-electron chi connectivity index (χ4n) is 3.71. The van der Waals surface area contributed by atoms with Crippen LogP contribution in [-0.4, -0.2) is 41.1 Å². The van der Waals surface area contributed by atoms with Crippen LogP contribution in [0.4, 0.5) is 5.82 Å². The number of fused-ring (bicyclic) bond motifs is 2. The predicted octanol–water partition coefficient (Wildman–Crippen LogP) is 2.28. The Labute approximate surface area is 155 Å². The molecule has 8 nitrogen and oxygen atoms in total. The lowest BCUT2D eigenvalue weighted by Gasteiger charge is -2.28. The van der Waals surface area contributed by atoms with E-state index in [9.17, 15) is 0 Å². The summed E-state index contributed by atoms with van der Waals surface area (Å²) >= 11 is 0. The Morgan fingerprint density at radius 1 is 0.852 bits per heavy atom. The number of benzene rings is 1. The summed E-state index contributed by atoms with van der Waals surface area (Å²) < 4.78 is 4.11. The summed E-state index contributed by atoms with van der Waals surface area (Å²) in [5, 5.41) is 22.2. The first kappa shape index (κ1) is 14.8. The number of nitrogens with zero attached hydrogens (tertiary/aromatic N) is 8. The van der Waals surface area contributed by atoms with E-state index in [1.165, 1.54) is 12.8 Å². The van der Waals surface area contributed by atoms with Gasteiger partial charge in [-0.15, -0.1) is 25.5 Å². The van der Waals surface area contributed by atoms with Crippen molar-refractivity contribution >= 4 is 11.5 Å². The van der Waals surface area contributed by atoms with E-state index in [1.807, 2.05) is 34.8 Å². The van der Waals surface area contributed by atoms with Gasteiger partial charge in [0, 0.05) is 24.6 Å². The van der Waals surface area contributed by atoms with Crippen molar-refractivity contribution in [2.45, 2.75) is 31.8 Å². The summed E-state index contributed by atoms with van der Waals surface area (Å²) in [4.78, 5) is 2.24. The third-order valence-electron chi connectivity index (χ3n) is 5.32. The van der Waals surface area contributed by atoms with E-state index in [4.69, 9.17) is 5.10 Å². The molecule has 27 heavy (non-hydrogen) atoms. The Hall–Kier alpha value is -3.29. The van der Waals surface area contributed by atoms with E-state index in [0.29, 0.717) is 12.5 Å². The Morgan fingerprint density at radius 3 is 2.59 bits per heavy atom. The number of rotatable bonds is 3. The van der Waals surface area contributed by atoms with Crippen LogP contribution in [0.1, 0.15) is 30.4 Å². The summed E-state index contributed by atoms with van der Waals surface area (Å²) in [6.07, 6.45) is 2.36. The van der Waals surface area contributed by atoms with Gasteiger partial charge in [-0.2, -0.15) is 4.52 Å². The second-order valence-corrected chi connectivity index (χ2v) is 7.17.